The van der Waals surface area contributed by atoms with Crippen LogP contribution in [-0.2, 0) is 41.3 Å². The lowest BCUT2D eigenvalue weighted by Gasteiger charge is -2.28. The van der Waals surface area contributed by atoms with Gasteiger partial charge in [0.2, 0.25) is 15.9 Å². The summed E-state index contributed by atoms with van der Waals surface area (Å²) in [5, 5.41) is 2.52. The SMILES string of the molecule is Cc1cc(CS(=O)(=O)NC(=O)Cc2ccccn2)ccc1C1NC(OC(F)(F)F)C2=C1C(=O)C(OC(F)(F)F)c1cccnc12. The normalized spacial score (nSPS) is 20.2. The highest BCUT2D eigenvalue weighted by Crippen LogP contribution is 2.49. The number of aromatic nitrogens is 2. The fraction of sp³-hybridized carbons (Fsp3) is 0.286. The average Bonchev–Trinajstić information content (AvgIpc) is 3.28. The number of pyridine rings is 2. The van der Waals surface area contributed by atoms with E-state index < -0.39 is 69.7 Å². The third-order valence-electron chi connectivity index (χ3n) is 6.88. The van der Waals surface area contributed by atoms with Crippen LogP contribution in [0.3, 0.4) is 0 Å². The Morgan fingerprint density at radius 3 is 2.29 bits per heavy atom. The Labute approximate surface area is 251 Å². The van der Waals surface area contributed by atoms with Crippen LogP contribution in [0.4, 0.5) is 26.3 Å². The molecule has 0 saturated carbocycles. The molecule has 0 fully saturated rings. The molecule has 2 aliphatic rings. The van der Waals surface area contributed by atoms with Crippen LogP contribution in [0.25, 0.3) is 5.57 Å². The van der Waals surface area contributed by atoms with Crippen LogP contribution in [0, 0.1) is 6.92 Å². The number of ether oxygens (including phenoxy) is 2. The van der Waals surface area contributed by atoms with Crippen molar-refractivity contribution in [2.75, 3.05) is 0 Å². The Morgan fingerprint density at radius 2 is 1.64 bits per heavy atom. The molecule has 1 amide bonds. The first-order chi connectivity index (χ1) is 21.0. The summed E-state index contributed by atoms with van der Waals surface area (Å²) in [5.41, 5.74) is -0.677. The van der Waals surface area contributed by atoms with E-state index in [0.717, 1.165) is 12.3 Å². The molecule has 238 valence electrons. The van der Waals surface area contributed by atoms with Gasteiger partial charge in [0, 0.05) is 34.8 Å². The number of benzene rings is 1. The minimum atomic E-state index is -5.27. The average molecular weight is 657 g/mol. The van der Waals surface area contributed by atoms with Gasteiger partial charge in [-0.2, -0.15) is 0 Å². The number of Topliss-reactive ketones (excluding diaryl/α,β-unsaturated/α-hetero) is 1. The van der Waals surface area contributed by atoms with Crippen LogP contribution in [0.2, 0.25) is 0 Å². The number of alkyl halides is 6. The molecular formula is C28H22F6N4O6S. The van der Waals surface area contributed by atoms with Gasteiger partial charge in [-0.25, -0.2) is 8.42 Å². The second kappa shape index (κ2) is 12.0. The number of halogens is 6. The number of rotatable bonds is 8. The van der Waals surface area contributed by atoms with E-state index in [1.807, 2.05) is 4.72 Å². The smallest absolute Gasteiger partial charge is 0.291 e. The summed E-state index contributed by atoms with van der Waals surface area (Å²) in [4.78, 5) is 33.7. The number of carbonyl (C=O) groups is 2. The highest BCUT2D eigenvalue weighted by atomic mass is 32.2. The van der Waals surface area contributed by atoms with Crippen LogP contribution in [0.15, 0.2) is 66.5 Å². The number of hydrogen-bond donors (Lipinski definition) is 2. The van der Waals surface area contributed by atoms with Crippen molar-refractivity contribution in [2.45, 2.75) is 50.2 Å². The summed E-state index contributed by atoms with van der Waals surface area (Å²) >= 11 is 0. The molecule has 3 unspecified atom stereocenters. The third kappa shape index (κ3) is 7.38. The molecule has 3 aromatic rings. The fourth-order valence-corrected chi connectivity index (χ4v) is 6.39. The summed E-state index contributed by atoms with van der Waals surface area (Å²) in [5.74, 6) is -2.74. The van der Waals surface area contributed by atoms with E-state index in [1.165, 1.54) is 37.4 Å². The molecule has 0 radical (unpaired) electrons. The third-order valence-corrected chi connectivity index (χ3v) is 8.13. The van der Waals surface area contributed by atoms with E-state index in [1.54, 1.807) is 18.2 Å². The zero-order valence-corrected chi connectivity index (χ0v) is 23.8. The maximum Gasteiger partial charge on any atom is 0.524 e. The first kappa shape index (κ1) is 32.2. The molecular weight excluding hydrogens is 634 g/mol. The number of hydrogen-bond acceptors (Lipinski definition) is 9. The van der Waals surface area contributed by atoms with E-state index >= 15 is 0 Å². The number of carbonyl (C=O) groups excluding carboxylic acids is 2. The minimum Gasteiger partial charge on any atom is -0.291 e. The van der Waals surface area contributed by atoms with Crippen molar-refractivity contribution in [3.63, 3.8) is 0 Å². The van der Waals surface area contributed by atoms with Gasteiger partial charge in [-0.15, -0.1) is 26.3 Å². The summed E-state index contributed by atoms with van der Waals surface area (Å²) in [7, 11) is -4.20. The van der Waals surface area contributed by atoms with Crippen LogP contribution >= 0.6 is 0 Å². The van der Waals surface area contributed by atoms with Crippen LogP contribution in [0.5, 0.6) is 0 Å². The highest BCUT2D eigenvalue weighted by Gasteiger charge is 2.52. The van der Waals surface area contributed by atoms with Crippen molar-refractivity contribution >= 4 is 27.3 Å². The first-order valence-corrected chi connectivity index (χ1v) is 14.7. The molecule has 3 heterocycles. The van der Waals surface area contributed by atoms with Crippen molar-refractivity contribution in [1.82, 2.24) is 20.0 Å². The van der Waals surface area contributed by atoms with E-state index in [-0.39, 0.29) is 34.4 Å². The molecule has 1 aliphatic heterocycles. The van der Waals surface area contributed by atoms with Gasteiger partial charge in [0.1, 0.15) is 6.23 Å². The number of nitrogens with zero attached hydrogens (tertiary/aromatic N) is 2. The lowest BCUT2D eigenvalue weighted by atomic mass is 9.82. The highest BCUT2D eigenvalue weighted by molar-refractivity contribution is 7.89. The topological polar surface area (TPSA) is 137 Å². The zero-order valence-electron chi connectivity index (χ0n) is 22.9. The molecule has 0 bridgehead atoms. The number of sulfonamides is 1. The molecule has 1 aliphatic carbocycles. The van der Waals surface area contributed by atoms with E-state index in [0.29, 0.717) is 5.69 Å². The van der Waals surface area contributed by atoms with Gasteiger partial charge in [-0.05, 0) is 41.8 Å². The Morgan fingerprint density at radius 1 is 0.933 bits per heavy atom. The van der Waals surface area contributed by atoms with E-state index in [4.69, 9.17) is 0 Å². The Hall–Kier alpha value is -4.19. The fourth-order valence-electron chi connectivity index (χ4n) is 5.28. The zero-order chi connectivity index (χ0) is 32.7. The van der Waals surface area contributed by atoms with E-state index in [2.05, 4.69) is 24.8 Å². The molecule has 2 N–H and O–H groups in total. The summed E-state index contributed by atoms with van der Waals surface area (Å²) in [6.07, 6.45) is -12.5. The second-order valence-corrected chi connectivity index (χ2v) is 11.8. The van der Waals surface area contributed by atoms with Gasteiger partial charge >= 0.3 is 12.7 Å². The number of nitrogens with one attached hydrogen (secondary N) is 2. The van der Waals surface area contributed by atoms with E-state index in [9.17, 15) is 44.3 Å². The van der Waals surface area contributed by atoms with Gasteiger partial charge < -0.3 is 0 Å². The Kier molecular flexibility index (Phi) is 8.56. The lowest BCUT2D eigenvalue weighted by Crippen LogP contribution is -2.35. The molecule has 10 nitrogen and oxygen atoms in total. The molecule has 45 heavy (non-hydrogen) atoms. The molecule has 3 atom stereocenters. The standard InChI is InChI=1S/C28H22F6N4O6S/c1-14-11-15(13-45(41,42)38-19(39)12-16-5-2-3-9-35-16)7-8-17(14)23-20-21(26(37-23)44-28(32,33)34)22-18(6-4-10-36-22)25(24(20)40)43-27(29,30)31/h2-11,23,25-26,37H,12-13H2,1H3,(H,38,39). The van der Waals surface area contributed by atoms with Crippen molar-refractivity contribution in [2.24, 2.45) is 0 Å². The second-order valence-electron chi connectivity index (χ2n) is 10.1. The number of fused-ring (bicyclic) bond motifs is 2. The number of amides is 1. The summed E-state index contributed by atoms with van der Waals surface area (Å²) < 4.78 is 116. The Balaban J connectivity index is 1.46. The van der Waals surface area contributed by atoms with Crippen molar-refractivity contribution < 1.29 is 53.8 Å². The van der Waals surface area contributed by atoms with Crippen molar-refractivity contribution in [1.29, 1.82) is 0 Å². The van der Waals surface area contributed by atoms with Crippen LogP contribution < -0.4 is 10.0 Å². The molecule has 0 spiro atoms. The number of aryl methyl sites for hydroxylation is 1. The van der Waals surface area contributed by atoms with Gasteiger partial charge in [-0.3, -0.25) is 39.1 Å². The van der Waals surface area contributed by atoms with Gasteiger partial charge in [0.05, 0.1) is 23.9 Å². The summed E-state index contributed by atoms with van der Waals surface area (Å²) in [6, 6.07) is 9.65. The van der Waals surface area contributed by atoms with Gasteiger partial charge in [0.15, 0.2) is 11.9 Å². The predicted octanol–water partition coefficient (Wildman–Crippen LogP) is 4.09. The molecule has 2 aromatic heterocycles. The maximum atomic E-state index is 13.5. The monoisotopic (exact) mass is 656 g/mol. The van der Waals surface area contributed by atoms with Crippen LogP contribution in [-0.4, -0.2) is 49.0 Å². The lowest BCUT2D eigenvalue weighted by molar-refractivity contribution is -0.339. The quantitative estimate of drug-likeness (QED) is 0.344. The van der Waals surface area contributed by atoms with Gasteiger partial charge in [-0.1, -0.05) is 30.3 Å². The molecule has 17 heteroatoms. The first-order valence-electron chi connectivity index (χ1n) is 13.0. The largest absolute Gasteiger partial charge is 0.524 e. The molecule has 0 saturated heterocycles. The number of ketones is 1. The Bertz CT molecular complexity index is 1780. The minimum absolute atomic E-state index is 0.148. The van der Waals surface area contributed by atoms with Gasteiger partial charge in [0.25, 0.3) is 0 Å². The van der Waals surface area contributed by atoms with Crippen molar-refractivity contribution in [3.05, 3.63) is 100 Å². The molecule has 5 rings (SSSR count). The molecule has 1 aromatic carbocycles. The van der Waals surface area contributed by atoms with Crippen molar-refractivity contribution in [3.8, 4) is 0 Å². The van der Waals surface area contributed by atoms with Crippen LogP contribution in [0.1, 0.15) is 45.8 Å². The summed E-state index contributed by atoms with van der Waals surface area (Å²) in [6.45, 7) is 1.47. The maximum absolute atomic E-state index is 13.5. The predicted molar refractivity (Wildman–Crippen MR) is 143 cm³/mol.